The second-order valence-electron chi connectivity index (χ2n) is 6.37. The predicted octanol–water partition coefficient (Wildman–Crippen LogP) is 3.60. The maximum atomic E-state index is 9.91. The third kappa shape index (κ3) is 2.58. The molecule has 2 fully saturated rings. The average Bonchev–Trinajstić information content (AvgIpc) is 2.46. The van der Waals surface area contributed by atoms with Gasteiger partial charge in [-0.2, -0.15) is 0 Å². The lowest BCUT2D eigenvalue weighted by molar-refractivity contribution is 0.0938. The van der Waals surface area contributed by atoms with Gasteiger partial charge in [0, 0.05) is 23.5 Å². The van der Waals surface area contributed by atoms with E-state index in [1.54, 1.807) is 12.1 Å². The summed E-state index contributed by atoms with van der Waals surface area (Å²) in [5, 5.41) is 15.7. The molecule has 4 rings (SSSR count). The number of fused-ring (bicyclic) bond motifs is 3. The highest BCUT2D eigenvalue weighted by Gasteiger charge is 2.32. The molecule has 0 unspecified atom stereocenters. The number of aromatic hydroxyl groups is 1. The average molecular weight is 283 g/mol. The van der Waals surface area contributed by atoms with Crippen molar-refractivity contribution in [3.8, 4) is 11.5 Å². The molecule has 0 spiro atoms. The first-order valence-electron chi connectivity index (χ1n) is 7.92. The van der Waals surface area contributed by atoms with Crippen molar-refractivity contribution in [2.45, 2.75) is 50.3 Å². The van der Waals surface area contributed by atoms with E-state index in [9.17, 15) is 5.11 Å². The second kappa shape index (κ2) is 5.23. The van der Waals surface area contributed by atoms with Gasteiger partial charge in [0.05, 0.1) is 0 Å². The van der Waals surface area contributed by atoms with Crippen LogP contribution in [0.5, 0.6) is 11.5 Å². The van der Waals surface area contributed by atoms with Crippen molar-refractivity contribution in [3.05, 3.63) is 36.4 Å². The Morgan fingerprint density at radius 1 is 1.05 bits per heavy atom. The minimum absolute atomic E-state index is 0.256. The van der Waals surface area contributed by atoms with Crippen molar-refractivity contribution in [3.63, 3.8) is 0 Å². The van der Waals surface area contributed by atoms with Gasteiger partial charge in [0.2, 0.25) is 0 Å². The van der Waals surface area contributed by atoms with Crippen LogP contribution in [0, 0.1) is 0 Å². The van der Waals surface area contributed by atoms with Gasteiger partial charge in [-0.15, -0.1) is 0 Å². The lowest BCUT2D eigenvalue weighted by Crippen LogP contribution is -2.51. The van der Waals surface area contributed by atoms with Gasteiger partial charge < -0.3 is 15.2 Å². The fourth-order valence-corrected chi connectivity index (χ4v) is 3.85. The second-order valence-corrected chi connectivity index (χ2v) is 6.37. The van der Waals surface area contributed by atoms with Crippen molar-refractivity contribution in [1.82, 2.24) is 5.32 Å². The molecule has 110 valence electrons. The van der Waals surface area contributed by atoms with Gasteiger partial charge in [-0.1, -0.05) is 30.7 Å². The number of phenolic OH excluding ortho intramolecular Hbond substituents is 1. The minimum Gasteiger partial charge on any atom is -0.508 e. The Morgan fingerprint density at radius 2 is 1.81 bits per heavy atom. The molecule has 0 aliphatic carbocycles. The van der Waals surface area contributed by atoms with Crippen LogP contribution in [0.2, 0.25) is 0 Å². The summed E-state index contributed by atoms with van der Waals surface area (Å²) in [5.41, 5.74) is 0. The topological polar surface area (TPSA) is 41.5 Å². The summed E-state index contributed by atoms with van der Waals surface area (Å²) in [6.07, 6.45) is 6.26. The summed E-state index contributed by atoms with van der Waals surface area (Å²) in [7, 11) is 0. The van der Waals surface area contributed by atoms with Crippen LogP contribution in [0.4, 0.5) is 0 Å². The molecule has 2 heterocycles. The smallest absolute Gasteiger partial charge is 0.131 e. The lowest BCUT2D eigenvalue weighted by Gasteiger charge is -2.40. The number of rotatable bonds is 2. The van der Waals surface area contributed by atoms with Crippen LogP contribution >= 0.6 is 0 Å². The highest BCUT2D eigenvalue weighted by atomic mass is 16.5. The van der Waals surface area contributed by atoms with Crippen molar-refractivity contribution >= 4 is 10.8 Å². The van der Waals surface area contributed by atoms with Gasteiger partial charge in [-0.05, 0) is 37.1 Å². The number of piperidine rings is 2. The Hall–Kier alpha value is -1.74. The molecule has 3 nitrogen and oxygen atoms in total. The number of hydrogen-bond donors (Lipinski definition) is 2. The van der Waals surface area contributed by atoms with E-state index in [2.05, 4.69) is 11.4 Å². The van der Waals surface area contributed by atoms with E-state index in [-0.39, 0.29) is 11.9 Å². The largest absolute Gasteiger partial charge is 0.508 e. The molecule has 21 heavy (non-hydrogen) atoms. The van der Waals surface area contributed by atoms with Gasteiger partial charge in [-0.25, -0.2) is 0 Å². The van der Waals surface area contributed by atoms with E-state index >= 15 is 0 Å². The molecule has 2 saturated heterocycles. The molecular formula is C18H21NO2. The molecule has 0 saturated carbocycles. The molecule has 2 aromatic carbocycles. The van der Waals surface area contributed by atoms with Gasteiger partial charge in [0.1, 0.15) is 17.6 Å². The first-order chi connectivity index (χ1) is 10.3. The number of hydrogen-bond acceptors (Lipinski definition) is 3. The minimum atomic E-state index is 0.256. The van der Waals surface area contributed by atoms with Crippen LogP contribution < -0.4 is 10.1 Å². The maximum absolute atomic E-state index is 9.91. The van der Waals surface area contributed by atoms with Crippen molar-refractivity contribution in [2.75, 3.05) is 0 Å². The third-order valence-electron chi connectivity index (χ3n) is 4.77. The molecule has 3 atom stereocenters. The first kappa shape index (κ1) is 13.0. The van der Waals surface area contributed by atoms with Crippen LogP contribution in [-0.4, -0.2) is 23.3 Å². The Balaban J connectivity index is 1.62. The summed E-state index contributed by atoms with van der Waals surface area (Å²) >= 11 is 0. The van der Waals surface area contributed by atoms with E-state index in [4.69, 9.17) is 4.74 Å². The number of phenols is 1. The van der Waals surface area contributed by atoms with Crippen LogP contribution in [0.15, 0.2) is 36.4 Å². The number of nitrogens with one attached hydrogen (secondary N) is 1. The lowest BCUT2D eigenvalue weighted by atomic mass is 9.85. The summed E-state index contributed by atoms with van der Waals surface area (Å²) < 4.78 is 6.29. The van der Waals surface area contributed by atoms with Gasteiger partial charge in [-0.3, -0.25) is 0 Å². The standard InChI is InChI=1S/C18H21NO2/c20-15-8-12-4-1-2-7-17(12)18(11-15)21-16-9-13-5-3-6-14(10-16)19-13/h1-2,4,7-8,11,13-14,16,19-20H,3,5-6,9-10H2/t13-,14+,16-. The molecule has 0 amide bonds. The van der Waals surface area contributed by atoms with E-state index < -0.39 is 0 Å². The highest BCUT2D eigenvalue weighted by molar-refractivity contribution is 5.89. The molecular weight excluding hydrogens is 262 g/mol. The summed E-state index contributed by atoms with van der Waals surface area (Å²) in [6.45, 7) is 0. The van der Waals surface area contributed by atoms with E-state index in [0.717, 1.165) is 29.4 Å². The van der Waals surface area contributed by atoms with E-state index in [1.807, 2.05) is 18.2 Å². The Kier molecular flexibility index (Phi) is 3.23. The highest BCUT2D eigenvalue weighted by Crippen LogP contribution is 2.34. The molecule has 0 aromatic heterocycles. The normalized spacial score (nSPS) is 28.5. The molecule has 2 bridgehead atoms. The monoisotopic (exact) mass is 283 g/mol. The maximum Gasteiger partial charge on any atom is 0.131 e. The summed E-state index contributed by atoms with van der Waals surface area (Å²) in [4.78, 5) is 0. The Bertz CT molecular complexity index is 643. The predicted molar refractivity (Wildman–Crippen MR) is 83.8 cm³/mol. The van der Waals surface area contributed by atoms with Crippen LogP contribution in [0.1, 0.15) is 32.1 Å². The molecule has 2 aliphatic heterocycles. The van der Waals surface area contributed by atoms with Gasteiger partial charge >= 0.3 is 0 Å². The SMILES string of the molecule is Oc1cc(O[C@@H]2C[C@H]3CCC[C@@H](C2)N3)c2ccccc2c1. The van der Waals surface area contributed by atoms with Gasteiger partial charge in [0.15, 0.2) is 0 Å². The first-order valence-corrected chi connectivity index (χ1v) is 7.92. The molecule has 2 aliphatic rings. The van der Waals surface area contributed by atoms with E-state index in [0.29, 0.717) is 12.1 Å². The molecule has 0 radical (unpaired) electrons. The third-order valence-corrected chi connectivity index (χ3v) is 4.77. The zero-order chi connectivity index (χ0) is 14.2. The molecule has 3 heteroatoms. The van der Waals surface area contributed by atoms with Crippen LogP contribution in [-0.2, 0) is 0 Å². The summed E-state index contributed by atoms with van der Waals surface area (Å²) in [6, 6.07) is 12.8. The van der Waals surface area contributed by atoms with Crippen LogP contribution in [0.25, 0.3) is 10.8 Å². The van der Waals surface area contributed by atoms with Crippen molar-refractivity contribution in [2.24, 2.45) is 0 Å². The molecule has 2 aromatic rings. The van der Waals surface area contributed by atoms with Gasteiger partial charge in [0.25, 0.3) is 0 Å². The fourth-order valence-electron chi connectivity index (χ4n) is 3.85. The molecule has 2 N–H and O–H groups in total. The zero-order valence-corrected chi connectivity index (χ0v) is 12.1. The Morgan fingerprint density at radius 3 is 2.62 bits per heavy atom. The Labute approximate surface area is 124 Å². The number of ether oxygens (including phenoxy) is 1. The fraction of sp³-hybridized carbons (Fsp3) is 0.444. The van der Waals surface area contributed by atoms with Crippen LogP contribution in [0.3, 0.4) is 0 Å². The quantitative estimate of drug-likeness (QED) is 0.885. The van der Waals surface area contributed by atoms with Crippen molar-refractivity contribution < 1.29 is 9.84 Å². The zero-order valence-electron chi connectivity index (χ0n) is 12.1. The number of benzene rings is 2. The summed E-state index contributed by atoms with van der Waals surface area (Å²) in [5.74, 6) is 1.09. The van der Waals surface area contributed by atoms with Crippen molar-refractivity contribution in [1.29, 1.82) is 0 Å². The van der Waals surface area contributed by atoms with E-state index in [1.165, 1.54) is 19.3 Å².